The lowest BCUT2D eigenvalue weighted by molar-refractivity contribution is -0.194. The Morgan fingerprint density at radius 3 is 2.68 bits per heavy atom. The molecule has 2 aromatic rings. The zero-order chi connectivity index (χ0) is 16.1. The zero-order valence-corrected chi connectivity index (χ0v) is 11.0. The van der Waals surface area contributed by atoms with Crippen LogP contribution in [-0.2, 0) is 4.74 Å². The topological polar surface area (TPSA) is 140 Å². The molecule has 0 amide bonds. The molecule has 11 heteroatoms. The summed E-state index contributed by atoms with van der Waals surface area (Å²) in [5.74, 6) is 0.0686. The van der Waals surface area contributed by atoms with Gasteiger partial charge in [0.25, 0.3) is 6.43 Å². The second kappa shape index (κ2) is 5.05. The molecule has 3 heterocycles. The molecule has 4 atom stereocenters. The van der Waals surface area contributed by atoms with Gasteiger partial charge in [0.15, 0.2) is 23.3 Å². The Balaban J connectivity index is 2.06. The summed E-state index contributed by atoms with van der Waals surface area (Å²) in [6.07, 6.45) is -6.00. The minimum atomic E-state index is -3.21. The highest BCUT2D eigenvalue weighted by molar-refractivity contribution is 5.81. The number of imidazole rings is 1. The third-order valence-corrected chi connectivity index (χ3v) is 3.73. The molecule has 0 spiro atoms. The standard InChI is InChI=1S/C11H13F2N5O4/c12-10(13)11(1-19)6(21)5(20)9(22-11)18-3-17-4-7(14)15-2-16-8(4)18/h2-3,5-6,9-10,19-21H,1H2,(H2,14,15,16)/t5-,6+,9-,11-/m1/s1. The van der Waals surface area contributed by atoms with Crippen LogP contribution in [0.4, 0.5) is 14.6 Å². The molecule has 1 fully saturated rings. The maximum Gasteiger partial charge on any atom is 0.272 e. The van der Waals surface area contributed by atoms with Gasteiger partial charge in [0.05, 0.1) is 12.9 Å². The molecule has 120 valence electrons. The van der Waals surface area contributed by atoms with Gasteiger partial charge < -0.3 is 25.8 Å². The Labute approximate surface area is 122 Å². The molecule has 0 saturated carbocycles. The normalized spacial score (nSPS) is 32.2. The number of halogens is 2. The highest BCUT2D eigenvalue weighted by Crippen LogP contribution is 2.41. The highest BCUT2D eigenvalue weighted by atomic mass is 19.3. The molecule has 1 saturated heterocycles. The molecule has 0 unspecified atom stereocenters. The van der Waals surface area contributed by atoms with E-state index in [0.29, 0.717) is 0 Å². The Hall–Kier alpha value is -1.95. The first-order valence-electron chi connectivity index (χ1n) is 6.28. The lowest BCUT2D eigenvalue weighted by atomic mass is 9.96. The predicted octanol–water partition coefficient (Wildman–Crippen LogP) is -1.34. The number of aliphatic hydroxyl groups excluding tert-OH is 3. The predicted molar refractivity (Wildman–Crippen MR) is 67.7 cm³/mol. The number of anilines is 1. The Kier molecular flexibility index (Phi) is 3.44. The molecular weight excluding hydrogens is 304 g/mol. The fourth-order valence-electron chi connectivity index (χ4n) is 2.47. The maximum atomic E-state index is 13.2. The van der Waals surface area contributed by atoms with E-state index in [1.165, 1.54) is 6.33 Å². The number of hydrogen-bond donors (Lipinski definition) is 4. The van der Waals surface area contributed by atoms with Crippen LogP contribution in [0.2, 0.25) is 0 Å². The Morgan fingerprint density at radius 2 is 2.09 bits per heavy atom. The first kappa shape index (κ1) is 15.0. The van der Waals surface area contributed by atoms with E-state index in [4.69, 9.17) is 10.5 Å². The van der Waals surface area contributed by atoms with E-state index in [1.807, 2.05) is 0 Å². The van der Waals surface area contributed by atoms with E-state index in [2.05, 4.69) is 15.0 Å². The van der Waals surface area contributed by atoms with E-state index in [1.54, 1.807) is 0 Å². The van der Waals surface area contributed by atoms with Gasteiger partial charge in [-0.25, -0.2) is 23.7 Å². The van der Waals surface area contributed by atoms with Crippen LogP contribution in [0, 0.1) is 0 Å². The van der Waals surface area contributed by atoms with Gasteiger partial charge in [-0.3, -0.25) is 4.57 Å². The Morgan fingerprint density at radius 1 is 1.36 bits per heavy atom. The molecule has 1 aliphatic rings. The number of nitrogens with zero attached hydrogens (tertiary/aromatic N) is 4. The summed E-state index contributed by atoms with van der Waals surface area (Å²) in [4.78, 5) is 11.6. The van der Waals surface area contributed by atoms with Gasteiger partial charge in [0.1, 0.15) is 24.1 Å². The molecule has 0 radical (unpaired) electrons. The summed E-state index contributed by atoms with van der Waals surface area (Å²) in [6, 6.07) is 0. The van der Waals surface area contributed by atoms with E-state index in [9.17, 15) is 24.1 Å². The summed E-state index contributed by atoms with van der Waals surface area (Å²) in [6.45, 7) is -1.16. The SMILES string of the molecule is Nc1ncnc2c1ncn2[C@@H]1O[C@@](CO)(C(F)F)[C@@H](O)[C@H]1O. The minimum absolute atomic E-state index is 0.0686. The number of fused-ring (bicyclic) bond motifs is 1. The number of rotatable bonds is 3. The van der Waals surface area contributed by atoms with Crippen molar-refractivity contribution in [2.24, 2.45) is 0 Å². The molecule has 2 aromatic heterocycles. The molecule has 3 rings (SSSR count). The summed E-state index contributed by atoms with van der Waals surface area (Å²) < 4.78 is 32.6. The van der Waals surface area contributed by atoms with Crippen LogP contribution in [0.3, 0.4) is 0 Å². The van der Waals surface area contributed by atoms with Crippen molar-refractivity contribution in [1.29, 1.82) is 0 Å². The van der Waals surface area contributed by atoms with Gasteiger partial charge in [-0.05, 0) is 0 Å². The number of aliphatic hydroxyl groups is 3. The van der Waals surface area contributed by atoms with E-state index in [0.717, 1.165) is 10.9 Å². The summed E-state index contributed by atoms with van der Waals surface area (Å²) in [7, 11) is 0. The van der Waals surface area contributed by atoms with E-state index < -0.39 is 37.1 Å². The molecule has 5 N–H and O–H groups in total. The third kappa shape index (κ3) is 1.86. The van der Waals surface area contributed by atoms with Crippen molar-refractivity contribution >= 4 is 17.0 Å². The quantitative estimate of drug-likeness (QED) is 0.545. The second-order valence-corrected chi connectivity index (χ2v) is 4.94. The number of hydrogen-bond acceptors (Lipinski definition) is 8. The zero-order valence-electron chi connectivity index (χ0n) is 11.0. The molecule has 0 aliphatic carbocycles. The van der Waals surface area contributed by atoms with Gasteiger partial charge in [-0.1, -0.05) is 0 Å². The molecule has 1 aliphatic heterocycles. The van der Waals surface area contributed by atoms with Gasteiger partial charge in [-0.15, -0.1) is 0 Å². The van der Waals surface area contributed by atoms with Crippen molar-refractivity contribution < 1.29 is 28.8 Å². The minimum Gasteiger partial charge on any atom is -0.393 e. The maximum absolute atomic E-state index is 13.2. The number of ether oxygens (including phenoxy) is 1. The number of nitrogen functional groups attached to an aromatic ring is 1. The second-order valence-electron chi connectivity index (χ2n) is 4.94. The van der Waals surface area contributed by atoms with Crippen LogP contribution in [0.25, 0.3) is 11.2 Å². The van der Waals surface area contributed by atoms with Crippen molar-refractivity contribution in [3.63, 3.8) is 0 Å². The van der Waals surface area contributed by atoms with Crippen LogP contribution in [0.5, 0.6) is 0 Å². The van der Waals surface area contributed by atoms with Crippen LogP contribution < -0.4 is 5.73 Å². The lowest BCUT2D eigenvalue weighted by Gasteiger charge is -2.28. The van der Waals surface area contributed by atoms with Crippen LogP contribution >= 0.6 is 0 Å². The third-order valence-electron chi connectivity index (χ3n) is 3.73. The average molecular weight is 317 g/mol. The van der Waals surface area contributed by atoms with Crippen LogP contribution in [0.1, 0.15) is 6.23 Å². The number of nitrogens with two attached hydrogens (primary N) is 1. The van der Waals surface area contributed by atoms with Crippen molar-refractivity contribution in [3.8, 4) is 0 Å². The summed E-state index contributed by atoms with van der Waals surface area (Å²) >= 11 is 0. The lowest BCUT2D eigenvalue weighted by Crippen LogP contribution is -2.52. The average Bonchev–Trinajstić information content (AvgIpc) is 3.02. The molecule has 0 bridgehead atoms. The van der Waals surface area contributed by atoms with E-state index >= 15 is 0 Å². The fraction of sp³-hybridized carbons (Fsp3) is 0.545. The Bertz CT molecular complexity index is 698. The number of alkyl halides is 2. The number of aromatic nitrogens is 4. The monoisotopic (exact) mass is 317 g/mol. The van der Waals surface area contributed by atoms with Crippen molar-refractivity contribution in [3.05, 3.63) is 12.7 Å². The van der Waals surface area contributed by atoms with Gasteiger partial charge in [-0.2, -0.15) is 0 Å². The van der Waals surface area contributed by atoms with Crippen molar-refractivity contribution in [2.75, 3.05) is 12.3 Å². The molecule has 22 heavy (non-hydrogen) atoms. The van der Waals surface area contributed by atoms with Gasteiger partial charge in [0.2, 0.25) is 0 Å². The van der Waals surface area contributed by atoms with Crippen LogP contribution in [-0.4, -0.2) is 65.7 Å². The van der Waals surface area contributed by atoms with Crippen molar-refractivity contribution in [1.82, 2.24) is 19.5 Å². The first-order valence-corrected chi connectivity index (χ1v) is 6.28. The van der Waals surface area contributed by atoms with Crippen molar-refractivity contribution in [2.45, 2.75) is 30.5 Å². The summed E-state index contributed by atoms with van der Waals surface area (Å²) in [5.41, 5.74) is 3.38. The van der Waals surface area contributed by atoms with Crippen LogP contribution in [0.15, 0.2) is 12.7 Å². The molecular formula is C11H13F2N5O4. The molecule has 0 aromatic carbocycles. The summed E-state index contributed by atoms with van der Waals surface area (Å²) in [5, 5.41) is 29.1. The van der Waals surface area contributed by atoms with E-state index in [-0.39, 0.29) is 17.0 Å². The fourth-order valence-corrected chi connectivity index (χ4v) is 2.47. The first-order chi connectivity index (χ1) is 10.4. The van der Waals surface area contributed by atoms with Gasteiger partial charge >= 0.3 is 0 Å². The smallest absolute Gasteiger partial charge is 0.272 e. The largest absolute Gasteiger partial charge is 0.393 e. The molecule has 9 nitrogen and oxygen atoms in total. The highest BCUT2D eigenvalue weighted by Gasteiger charge is 2.60. The van der Waals surface area contributed by atoms with Gasteiger partial charge in [0, 0.05) is 0 Å².